The van der Waals surface area contributed by atoms with Gasteiger partial charge >= 0.3 is 0 Å². The van der Waals surface area contributed by atoms with Gasteiger partial charge in [0.1, 0.15) is 0 Å². The highest BCUT2D eigenvalue weighted by atomic mass is 16.1. The van der Waals surface area contributed by atoms with E-state index in [0.29, 0.717) is 12.0 Å². The van der Waals surface area contributed by atoms with Crippen molar-refractivity contribution in [2.24, 2.45) is 17.6 Å². The summed E-state index contributed by atoms with van der Waals surface area (Å²) in [5, 5.41) is 3.24. The monoisotopic (exact) mass is 236 g/mol. The molecule has 0 aromatic carbocycles. The van der Waals surface area contributed by atoms with Crippen molar-refractivity contribution < 1.29 is 4.79 Å². The van der Waals surface area contributed by atoms with Crippen LogP contribution in [0.5, 0.6) is 0 Å². The lowest BCUT2D eigenvalue weighted by Crippen LogP contribution is -2.44. The number of nitrogens with one attached hydrogen (secondary N) is 1. The minimum Gasteiger partial charge on any atom is -0.353 e. The molecule has 0 aliphatic heterocycles. The Kier molecular flexibility index (Phi) is 4.21. The molecule has 1 amide bonds. The molecule has 17 heavy (non-hydrogen) atoms. The largest absolute Gasteiger partial charge is 0.353 e. The van der Waals surface area contributed by atoms with Crippen LogP contribution < -0.4 is 11.1 Å². The van der Waals surface area contributed by atoms with E-state index < -0.39 is 0 Å². The van der Waals surface area contributed by atoms with E-state index in [2.05, 4.69) is 12.2 Å². The molecule has 96 valence electrons. The van der Waals surface area contributed by atoms with Crippen LogP contribution in [-0.4, -0.2) is 18.0 Å². The van der Waals surface area contributed by atoms with Crippen LogP contribution in [0.1, 0.15) is 45.4 Å². The molecule has 1 fully saturated rings. The second-order valence-corrected chi connectivity index (χ2v) is 5.46. The van der Waals surface area contributed by atoms with E-state index in [4.69, 9.17) is 5.73 Å². The van der Waals surface area contributed by atoms with Crippen molar-refractivity contribution in [2.75, 3.05) is 0 Å². The third-order valence-corrected chi connectivity index (χ3v) is 4.21. The zero-order valence-corrected chi connectivity index (χ0v) is 10.7. The van der Waals surface area contributed by atoms with E-state index in [1.165, 1.54) is 25.7 Å². The topological polar surface area (TPSA) is 55.1 Å². The van der Waals surface area contributed by atoms with Crippen LogP contribution in [0.4, 0.5) is 0 Å². The van der Waals surface area contributed by atoms with E-state index >= 15 is 0 Å². The maximum Gasteiger partial charge on any atom is 0.227 e. The summed E-state index contributed by atoms with van der Waals surface area (Å²) in [7, 11) is 0. The highest BCUT2D eigenvalue weighted by Crippen LogP contribution is 2.27. The Hall–Kier alpha value is -0.830. The molecule has 4 unspecified atom stereocenters. The molecule has 0 spiro atoms. The van der Waals surface area contributed by atoms with Crippen molar-refractivity contribution in [2.45, 2.75) is 57.5 Å². The zero-order valence-electron chi connectivity index (χ0n) is 10.7. The fourth-order valence-electron chi connectivity index (χ4n) is 3.10. The van der Waals surface area contributed by atoms with Gasteiger partial charge in [-0.15, -0.1) is 0 Å². The molecule has 4 atom stereocenters. The Bertz CT molecular complexity index is 301. The molecule has 2 aliphatic carbocycles. The molecule has 1 saturated carbocycles. The number of hydrogen-bond acceptors (Lipinski definition) is 2. The summed E-state index contributed by atoms with van der Waals surface area (Å²) in [4.78, 5) is 12.1. The predicted octanol–water partition coefficient (Wildman–Crippen LogP) is 1.97. The average Bonchev–Trinajstić information content (AvgIpc) is 2.77. The summed E-state index contributed by atoms with van der Waals surface area (Å²) >= 11 is 0. The highest BCUT2D eigenvalue weighted by Gasteiger charge is 2.29. The Morgan fingerprint density at radius 2 is 2.12 bits per heavy atom. The molecular weight excluding hydrogens is 212 g/mol. The number of amides is 1. The average molecular weight is 236 g/mol. The molecular formula is C14H24N2O. The fourth-order valence-corrected chi connectivity index (χ4v) is 3.10. The number of carbonyl (C=O) groups excluding carboxylic acids is 1. The van der Waals surface area contributed by atoms with Crippen LogP contribution in [-0.2, 0) is 4.79 Å². The summed E-state index contributed by atoms with van der Waals surface area (Å²) in [6.07, 6.45) is 10.8. The van der Waals surface area contributed by atoms with Crippen molar-refractivity contribution in [3.05, 3.63) is 12.2 Å². The molecule has 0 aromatic heterocycles. The number of nitrogens with two attached hydrogens (primary N) is 1. The quantitative estimate of drug-likeness (QED) is 0.736. The summed E-state index contributed by atoms with van der Waals surface area (Å²) in [6.45, 7) is 2.22. The van der Waals surface area contributed by atoms with Gasteiger partial charge in [0, 0.05) is 12.1 Å². The van der Waals surface area contributed by atoms with Gasteiger partial charge in [-0.05, 0) is 25.2 Å². The third kappa shape index (κ3) is 3.09. The minimum atomic E-state index is 0.00410. The summed E-state index contributed by atoms with van der Waals surface area (Å²) in [5.74, 6) is 0.857. The van der Waals surface area contributed by atoms with Gasteiger partial charge in [0.15, 0.2) is 0 Å². The van der Waals surface area contributed by atoms with Crippen molar-refractivity contribution >= 4 is 5.91 Å². The standard InChI is InChI=1S/C14H24N2O/c1-2-10-5-3-4-6-13(10)16-14(17)11-7-8-12(15)9-11/h7-8,10-13H,2-6,9,15H2,1H3,(H,16,17). The van der Waals surface area contributed by atoms with Gasteiger partial charge in [0.2, 0.25) is 5.91 Å². The van der Waals surface area contributed by atoms with Crippen molar-refractivity contribution in [1.29, 1.82) is 0 Å². The van der Waals surface area contributed by atoms with E-state index in [0.717, 1.165) is 12.8 Å². The normalized spacial score (nSPS) is 37.1. The second-order valence-electron chi connectivity index (χ2n) is 5.46. The molecule has 3 nitrogen and oxygen atoms in total. The van der Waals surface area contributed by atoms with E-state index in [1.807, 2.05) is 12.2 Å². The predicted molar refractivity (Wildman–Crippen MR) is 69.4 cm³/mol. The highest BCUT2D eigenvalue weighted by molar-refractivity contribution is 5.81. The van der Waals surface area contributed by atoms with Gasteiger partial charge in [0.05, 0.1) is 5.92 Å². The smallest absolute Gasteiger partial charge is 0.227 e. The molecule has 3 N–H and O–H groups in total. The molecule has 3 heteroatoms. The molecule has 0 bridgehead atoms. The van der Waals surface area contributed by atoms with Gasteiger partial charge in [-0.25, -0.2) is 0 Å². The summed E-state index contributed by atoms with van der Waals surface area (Å²) in [6, 6.07) is 0.463. The first-order chi connectivity index (χ1) is 8.20. The van der Waals surface area contributed by atoms with Crippen LogP contribution in [0.15, 0.2) is 12.2 Å². The Morgan fingerprint density at radius 1 is 1.35 bits per heavy atom. The van der Waals surface area contributed by atoms with Gasteiger partial charge in [0.25, 0.3) is 0 Å². The van der Waals surface area contributed by atoms with Crippen LogP contribution in [0.2, 0.25) is 0 Å². The van der Waals surface area contributed by atoms with Gasteiger partial charge in [-0.3, -0.25) is 4.79 Å². The first-order valence-corrected chi connectivity index (χ1v) is 6.95. The fraction of sp³-hybridized carbons (Fsp3) is 0.786. The first-order valence-electron chi connectivity index (χ1n) is 6.95. The summed E-state index contributed by atoms with van der Waals surface area (Å²) in [5.41, 5.74) is 5.78. The second kappa shape index (κ2) is 5.67. The third-order valence-electron chi connectivity index (χ3n) is 4.21. The number of hydrogen-bond donors (Lipinski definition) is 2. The summed E-state index contributed by atoms with van der Waals surface area (Å²) < 4.78 is 0. The molecule has 0 radical (unpaired) electrons. The maximum atomic E-state index is 12.1. The molecule has 2 aliphatic rings. The molecule has 0 saturated heterocycles. The number of rotatable bonds is 3. The van der Waals surface area contributed by atoms with Crippen molar-refractivity contribution in [1.82, 2.24) is 5.32 Å². The van der Waals surface area contributed by atoms with Crippen LogP contribution >= 0.6 is 0 Å². The van der Waals surface area contributed by atoms with Crippen molar-refractivity contribution in [3.63, 3.8) is 0 Å². The Labute approximate surface area is 104 Å². The molecule has 0 heterocycles. The minimum absolute atomic E-state index is 0.00410. The van der Waals surface area contributed by atoms with Crippen LogP contribution in [0.3, 0.4) is 0 Å². The lowest BCUT2D eigenvalue weighted by molar-refractivity contribution is -0.125. The van der Waals surface area contributed by atoms with E-state index in [-0.39, 0.29) is 17.9 Å². The van der Waals surface area contributed by atoms with E-state index in [1.54, 1.807) is 0 Å². The SMILES string of the molecule is CCC1CCCCC1NC(=O)C1C=CC(N)C1. The number of carbonyl (C=O) groups is 1. The van der Waals surface area contributed by atoms with Gasteiger partial charge in [-0.2, -0.15) is 0 Å². The maximum absolute atomic E-state index is 12.1. The van der Waals surface area contributed by atoms with Gasteiger partial charge in [-0.1, -0.05) is 38.3 Å². The zero-order chi connectivity index (χ0) is 12.3. The Morgan fingerprint density at radius 3 is 2.76 bits per heavy atom. The van der Waals surface area contributed by atoms with Gasteiger partial charge < -0.3 is 11.1 Å². The lowest BCUT2D eigenvalue weighted by Gasteiger charge is -2.32. The van der Waals surface area contributed by atoms with Crippen molar-refractivity contribution in [3.8, 4) is 0 Å². The van der Waals surface area contributed by atoms with Crippen LogP contribution in [0.25, 0.3) is 0 Å². The van der Waals surface area contributed by atoms with Crippen LogP contribution in [0, 0.1) is 11.8 Å². The van der Waals surface area contributed by atoms with E-state index in [9.17, 15) is 4.79 Å². The molecule has 2 rings (SSSR count). The molecule has 0 aromatic rings. The Balaban J connectivity index is 1.87. The first kappa shape index (κ1) is 12.6. The lowest BCUT2D eigenvalue weighted by atomic mass is 9.82.